The second-order valence-electron chi connectivity index (χ2n) is 6.25. The summed E-state index contributed by atoms with van der Waals surface area (Å²) in [7, 11) is 0. The van der Waals surface area contributed by atoms with Gasteiger partial charge in [-0.3, -0.25) is 4.79 Å². The van der Waals surface area contributed by atoms with Crippen LogP contribution in [0.5, 0.6) is 0 Å². The summed E-state index contributed by atoms with van der Waals surface area (Å²) in [5.74, 6) is 0.424. The van der Waals surface area contributed by atoms with E-state index in [4.69, 9.17) is 0 Å². The molecule has 0 bridgehead atoms. The minimum atomic E-state index is -0.0803. The van der Waals surface area contributed by atoms with Crippen LogP contribution in [0.15, 0.2) is 18.2 Å². The smallest absolute Gasteiger partial charge is 0.224 e. The maximum Gasteiger partial charge on any atom is 0.224 e. The molecule has 1 aromatic carbocycles. The molecule has 0 spiro atoms. The third-order valence-electron chi connectivity index (χ3n) is 4.55. The number of hydrogen-bond donors (Lipinski definition) is 2. The molecular formula is C17H21N3O. The first-order valence-electron chi connectivity index (χ1n) is 7.93. The molecule has 1 aliphatic carbocycles. The number of rotatable bonds is 3. The Labute approximate surface area is 124 Å². The van der Waals surface area contributed by atoms with Crippen LogP contribution in [0.4, 0.5) is 5.69 Å². The zero-order valence-electron chi connectivity index (χ0n) is 12.1. The Balaban J connectivity index is 1.55. The monoisotopic (exact) mass is 283 g/mol. The molecule has 1 atom stereocenters. The number of carbonyl (C=O) groups is 1. The summed E-state index contributed by atoms with van der Waals surface area (Å²) < 4.78 is 0. The predicted octanol–water partition coefficient (Wildman–Crippen LogP) is 0.261. The summed E-state index contributed by atoms with van der Waals surface area (Å²) in [6.07, 6.45) is 8.70. The van der Waals surface area contributed by atoms with Gasteiger partial charge in [0.1, 0.15) is 6.17 Å². The summed E-state index contributed by atoms with van der Waals surface area (Å²) in [5, 5.41) is 8.72. The van der Waals surface area contributed by atoms with Crippen molar-refractivity contribution in [3.8, 4) is 0 Å². The molecule has 110 valence electrons. The SMILES string of the molecule is O=C(NC1C=c2ccc(N3CCCC3)cc2=CN1)C1CC1. The van der Waals surface area contributed by atoms with Crippen LogP contribution in [-0.4, -0.2) is 25.2 Å². The van der Waals surface area contributed by atoms with E-state index in [9.17, 15) is 4.79 Å². The molecule has 0 aromatic heterocycles. The van der Waals surface area contributed by atoms with Crippen molar-refractivity contribution >= 4 is 23.9 Å². The number of nitrogens with one attached hydrogen (secondary N) is 2. The largest absolute Gasteiger partial charge is 0.372 e. The molecular weight excluding hydrogens is 262 g/mol. The Hall–Kier alpha value is -1.97. The number of hydrogen-bond acceptors (Lipinski definition) is 3. The van der Waals surface area contributed by atoms with Crippen molar-refractivity contribution in [2.24, 2.45) is 5.92 Å². The minimum Gasteiger partial charge on any atom is -0.372 e. The lowest BCUT2D eigenvalue weighted by Gasteiger charge is -2.21. The second-order valence-corrected chi connectivity index (χ2v) is 6.25. The molecule has 1 saturated heterocycles. The number of benzene rings is 1. The Morgan fingerprint density at radius 1 is 1.19 bits per heavy atom. The molecule has 2 heterocycles. The van der Waals surface area contributed by atoms with Gasteiger partial charge < -0.3 is 15.5 Å². The van der Waals surface area contributed by atoms with Crippen molar-refractivity contribution in [2.75, 3.05) is 18.0 Å². The molecule has 21 heavy (non-hydrogen) atoms. The Bertz CT molecular complexity index is 672. The predicted molar refractivity (Wildman–Crippen MR) is 83.9 cm³/mol. The number of amides is 1. The molecule has 4 rings (SSSR count). The molecule has 1 amide bonds. The van der Waals surface area contributed by atoms with Gasteiger partial charge in [0.05, 0.1) is 0 Å². The third-order valence-corrected chi connectivity index (χ3v) is 4.55. The molecule has 1 aromatic rings. The first kappa shape index (κ1) is 12.7. The van der Waals surface area contributed by atoms with Gasteiger partial charge in [0.2, 0.25) is 5.91 Å². The van der Waals surface area contributed by atoms with Crippen LogP contribution in [0.3, 0.4) is 0 Å². The highest BCUT2D eigenvalue weighted by Crippen LogP contribution is 2.28. The maximum atomic E-state index is 11.8. The quantitative estimate of drug-likeness (QED) is 0.836. The number of carbonyl (C=O) groups excluding carboxylic acids is 1. The molecule has 4 nitrogen and oxygen atoms in total. The van der Waals surface area contributed by atoms with Crippen molar-refractivity contribution in [1.82, 2.24) is 10.6 Å². The van der Waals surface area contributed by atoms with E-state index < -0.39 is 0 Å². The van der Waals surface area contributed by atoms with Crippen LogP contribution in [0.1, 0.15) is 25.7 Å². The number of anilines is 1. The fourth-order valence-corrected chi connectivity index (χ4v) is 3.12. The maximum absolute atomic E-state index is 11.8. The van der Waals surface area contributed by atoms with Gasteiger partial charge in [0.25, 0.3) is 0 Å². The van der Waals surface area contributed by atoms with E-state index >= 15 is 0 Å². The zero-order chi connectivity index (χ0) is 14.2. The van der Waals surface area contributed by atoms with Gasteiger partial charge in [0.15, 0.2) is 0 Å². The van der Waals surface area contributed by atoms with Crippen molar-refractivity contribution in [2.45, 2.75) is 31.8 Å². The number of nitrogens with zero attached hydrogens (tertiary/aromatic N) is 1. The van der Waals surface area contributed by atoms with Gasteiger partial charge in [-0.1, -0.05) is 6.07 Å². The molecule has 2 aliphatic heterocycles. The highest BCUT2D eigenvalue weighted by Gasteiger charge is 2.30. The first-order chi connectivity index (χ1) is 10.3. The fraction of sp³-hybridized carbons (Fsp3) is 0.471. The van der Waals surface area contributed by atoms with E-state index in [2.05, 4.69) is 39.8 Å². The molecule has 3 aliphatic rings. The lowest BCUT2D eigenvalue weighted by Crippen LogP contribution is -2.48. The van der Waals surface area contributed by atoms with E-state index in [-0.39, 0.29) is 18.0 Å². The van der Waals surface area contributed by atoms with Gasteiger partial charge in [-0.15, -0.1) is 0 Å². The number of fused-ring (bicyclic) bond motifs is 1. The van der Waals surface area contributed by atoms with Crippen LogP contribution >= 0.6 is 0 Å². The third kappa shape index (κ3) is 2.62. The van der Waals surface area contributed by atoms with Crippen molar-refractivity contribution < 1.29 is 4.79 Å². The van der Waals surface area contributed by atoms with Crippen molar-refractivity contribution in [1.29, 1.82) is 0 Å². The van der Waals surface area contributed by atoms with Crippen LogP contribution in [0, 0.1) is 5.92 Å². The molecule has 0 radical (unpaired) electrons. The first-order valence-corrected chi connectivity index (χ1v) is 7.93. The Morgan fingerprint density at radius 3 is 2.76 bits per heavy atom. The Morgan fingerprint density at radius 2 is 2.00 bits per heavy atom. The fourth-order valence-electron chi connectivity index (χ4n) is 3.12. The lowest BCUT2D eigenvalue weighted by molar-refractivity contribution is -0.122. The van der Waals surface area contributed by atoms with Crippen LogP contribution < -0.4 is 26.0 Å². The van der Waals surface area contributed by atoms with E-state index in [0.29, 0.717) is 0 Å². The van der Waals surface area contributed by atoms with Gasteiger partial charge in [0, 0.05) is 30.9 Å². The minimum absolute atomic E-state index is 0.0803. The highest BCUT2D eigenvalue weighted by molar-refractivity contribution is 5.82. The summed E-state index contributed by atoms with van der Waals surface area (Å²) in [4.78, 5) is 14.3. The molecule has 1 saturated carbocycles. The second kappa shape index (κ2) is 5.10. The van der Waals surface area contributed by atoms with Crippen LogP contribution in [-0.2, 0) is 4.79 Å². The summed E-state index contributed by atoms with van der Waals surface area (Å²) in [6.45, 7) is 2.33. The van der Waals surface area contributed by atoms with E-state index in [1.165, 1.54) is 29.0 Å². The van der Waals surface area contributed by atoms with Crippen molar-refractivity contribution in [3.63, 3.8) is 0 Å². The van der Waals surface area contributed by atoms with Crippen molar-refractivity contribution in [3.05, 3.63) is 28.6 Å². The Kier molecular flexibility index (Phi) is 3.09. The summed E-state index contributed by atoms with van der Waals surface area (Å²) >= 11 is 0. The molecule has 1 unspecified atom stereocenters. The van der Waals surface area contributed by atoms with E-state index in [1.54, 1.807) is 0 Å². The topological polar surface area (TPSA) is 44.4 Å². The molecule has 4 heteroatoms. The van der Waals surface area contributed by atoms with E-state index in [0.717, 1.165) is 25.9 Å². The molecule has 2 N–H and O–H groups in total. The van der Waals surface area contributed by atoms with Gasteiger partial charge >= 0.3 is 0 Å². The highest BCUT2D eigenvalue weighted by atomic mass is 16.2. The van der Waals surface area contributed by atoms with E-state index in [1.807, 2.05) is 6.20 Å². The van der Waals surface area contributed by atoms with Gasteiger partial charge in [-0.2, -0.15) is 0 Å². The standard InChI is InChI=1S/C17H21N3O/c21-17(12-3-4-12)19-16-10-13-5-6-15(9-14(13)11-18-16)20-7-1-2-8-20/h5-6,9-12,16,18H,1-4,7-8H2,(H,19,21). The zero-order valence-corrected chi connectivity index (χ0v) is 12.1. The van der Waals surface area contributed by atoms with Crippen LogP contribution in [0.25, 0.3) is 12.3 Å². The lowest BCUT2D eigenvalue weighted by atomic mass is 10.1. The average molecular weight is 283 g/mol. The van der Waals surface area contributed by atoms with Gasteiger partial charge in [-0.05, 0) is 54.3 Å². The summed E-state index contributed by atoms with van der Waals surface area (Å²) in [6, 6.07) is 6.60. The normalized spacial score (nSPS) is 23.6. The molecule has 2 fully saturated rings. The average Bonchev–Trinajstić information content (AvgIpc) is 3.22. The van der Waals surface area contributed by atoms with Crippen LogP contribution in [0.2, 0.25) is 0 Å². The summed E-state index contributed by atoms with van der Waals surface area (Å²) in [5.41, 5.74) is 1.30. The van der Waals surface area contributed by atoms with Gasteiger partial charge in [-0.25, -0.2) is 0 Å².